The number of amides is 1. The minimum absolute atomic E-state index is 0.172. The van der Waals surface area contributed by atoms with Gasteiger partial charge in [-0.1, -0.05) is 29.3 Å². The predicted octanol–water partition coefficient (Wildman–Crippen LogP) is 4.24. The highest BCUT2D eigenvalue weighted by Gasteiger charge is 2.29. The summed E-state index contributed by atoms with van der Waals surface area (Å²) in [6, 6.07) is 9.72. The molecule has 0 saturated carbocycles. The summed E-state index contributed by atoms with van der Waals surface area (Å²) in [5.41, 5.74) is -1.32. The molecule has 12 heteroatoms. The first kappa shape index (κ1) is 22.0. The van der Waals surface area contributed by atoms with Crippen LogP contribution in [0.15, 0.2) is 53.7 Å². The number of sulfonamides is 1. The van der Waals surface area contributed by atoms with Crippen molar-refractivity contribution >= 4 is 39.1 Å². The van der Waals surface area contributed by atoms with Crippen LogP contribution in [0.4, 0.5) is 8.78 Å². The lowest BCUT2D eigenvalue weighted by Crippen LogP contribution is -2.32. The van der Waals surface area contributed by atoms with Crippen LogP contribution in [-0.2, 0) is 10.0 Å². The van der Waals surface area contributed by atoms with Crippen LogP contribution in [-0.4, -0.2) is 31.0 Å². The predicted molar refractivity (Wildman–Crippen MR) is 106 cm³/mol. The van der Waals surface area contributed by atoms with Crippen LogP contribution in [0.1, 0.15) is 22.6 Å². The number of ether oxygens (including phenoxy) is 1. The first-order valence-corrected chi connectivity index (χ1v) is 10.4. The standard InChI is InChI=1S/C18H13Cl2F2N3O4S/c1-29-12-5-6-13(20)14(8-12)30(27,28)24-18(26)15-16(17(21)22)25(9-23-15)11-4-2-3-10(19)7-11/h2-9,17H,1H3,(H,24,26). The number of hydrogen-bond donors (Lipinski definition) is 1. The topological polar surface area (TPSA) is 90.3 Å². The summed E-state index contributed by atoms with van der Waals surface area (Å²) in [4.78, 5) is 15.8. The molecule has 0 saturated heterocycles. The number of carbonyl (C=O) groups excluding carboxylic acids is 1. The van der Waals surface area contributed by atoms with E-state index < -0.39 is 38.6 Å². The molecule has 0 unspecified atom stereocenters. The molecule has 0 aliphatic heterocycles. The zero-order chi connectivity index (χ0) is 22.1. The number of aromatic nitrogens is 2. The summed E-state index contributed by atoms with van der Waals surface area (Å²) >= 11 is 11.8. The van der Waals surface area contributed by atoms with E-state index in [1.807, 2.05) is 0 Å². The van der Waals surface area contributed by atoms with E-state index in [-0.39, 0.29) is 21.5 Å². The second kappa shape index (κ2) is 8.58. The van der Waals surface area contributed by atoms with E-state index in [1.54, 1.807) is 10.8 Å². The van der Waals surface area contributed by atoms with Gasteiger partial charge in [-0.2, -0.15) is 0 Å². The van der Waals surface area contributed by atoms with Gasteiger partial charge in [-0.05, 0) is 30.3 Å². The fourth-order valence-corrected chi connectivity index (χ4v) is 4.27. The van der Waals surface area contributed by atoms with E-state index in [0.717, 1.165) is 17.0 Å². The van der Waals surface area contributed by atoms with E-state index in [0.29, 0.717) is 0 Å². The van der Waals surface area contributed by atoms with Crippen LogP contribution in [0, 0.1) is 0 Å². The van der Waals surface area contributed by atoms with Crippen molar-refractivity contribution in [3.8, 4) is 11.4 Å². The number of alkyl halides is 2. The molecule has 0 atom stereocenters. The number of carbonyl (C=O) groups is 1. The van der Waals surface area contributed by atoms with Crippen LogP contribution in [0.2, 0.25) is 10.0 Å². The number of imidazole rings is 1. The van der Waals surface area contributed by atoms with Crippen LogP contribution in [0.3, 0.4) is 0 Å². The molecule has 0 bridgehead atoms. The van der Waals surface area contributed by atoms with Crippen molar-refractivity contribution < 1.29 is 26.7 Å². The van der Waals surface area contributed by atoms with Crippen LogP contribution in [0.25, 0.3) is 5.69 Å². The van der Waals surface area contributed by atoms with E-state index in [4.69, 9.17) is 27.9 Å². The van der Waals surface area contributed by atoms with Crippen LogP contribution < -0.4 is 9.46 Å². The second-order valence-corrected chi connectivity index (χ2v) is 8.35. The summed E-state index contributed by atoms with van der Waals surface area (Å²) in [5, 5.41) is 0.0947. The number of hydrogen-bond acceptors (Lipinski definition) is 5. The Morgan fingerprint density at radius 2 is 1.93 bits per heavy atom. The first-order chi connectivity index (χ1) is 14.1. The second-order valence-electron chi connectivity index (χ2n) is 5.86. The summed E-state index contributed by atoms with van der Waals surface area (Å²) in [5.74, 6) is -1.17. The lowest BCUT2D eigenvalue weighted by molar-refractivity contribution is 0.0959. The van der Waals surface area contributed by atoms with Crippen molar-refractivity contribution in [2.45, 2.75) is 11.3 Å². The average molecular weight is 476 g/mol. The normalized spacial score (nSPS) is 11.5. The smallest absolute Gasteiger partial charge is 0.285 e. The zero-order valence-electron chi connectivity index (χ0n) is 15.1. The number of methoxy groups -OCH3 is 1. The molecule has 0 spiro atoms. The monoisotopic (exact) mass is 475 g/mol. The van der Waals surface area contributed by atoms with Gasteiger partial charge in [-0.25, -0.2) is 26.9 Å². The minimum atomic E-state index is -4.50. The molecule has 1 N–H and O–H groups in total. The molecule has 30 heavy (non-hydrogen) atoms. The number of nitrogens with zero attached hydrogens (tertiary/aromatic N) is 2. The zero-order valence-corrected chi connectivity index (χ0v) is 17.5. The van der Waals surface area contributed by atoms with E-state index in [2.05, 4.69) is 4.98 Å². The van der Waals surface area contributed by atoms with Gasteiger partial charge < -0.3 is 4.74 Å². The van der Waals surface area contributed by atoms with E-state index >= 15 is 0 Å². The Kier molecular flexibility index (Phi) is 6.30. The number of halogens is 4. The van der Waals surface area contributed by atoms with Crippen molar-refractivity contribution in [1.29, 1.82) is 0 Å². The van der Waals surface area contributed by atoms with Gasteiger partial charge in [0.2, 0.25) is 0 Å². The SMILES string of the molecule is COc1ccc(Cl)c(S(=O)(=O)NC(=O)c2ncn(-c3cccc(Cl)c3)c2C(F)F)c1. The Morgan fingerprint density at radius 1 is 1.20 bits per heavy atom. The molecule has 0 aliphatic carbocycles. The molecule has 3 rings (SSSR count). The molecular formula is C18H13Cl2F2N3O4S. The molecule has 0 aliphatic rings. The molecule has 158 valence electrons. The summed E-state index contributed by atoms with van der Waals surface area (Å²) in [7, 11) is -3.19. The molecule has 1 aromatic heterocycles. The maximum atomic E-state index is 13.7. The molecule has 0 fully saturated rings. The van der Waals surface area contributed by atoms with E-state index in [1.165, 1.54) is 37.4 Å². The highest BCUT2D eigenvalue weighted by Crippen LogP contribution is 2.29. The van der Waals surface area contributed by atoms with Crippen LogP contribution in [0.5, 0.6) is 5.75 Å². The Bertz CT molecular complexity index is 1220. The first-order valence-electron chi connectivity index (χ1n) is 8.16. The molecule has 2 aromatic carbocycles. The number of nitrogens with one attached hydrogen (secondary N) is 1. The van der Waals surface area contributed by atoms with Gasteiger partial charge in [-0.3, -0.25) is 9.36 Å². The third-order valence-electron chi connectivity index (χ3n) is 3.97. The fourth-order valence-electron chi connectivity index (χ4n) is 2.62. The highest BCUT2D eigenvalue weighted by atomic mass is 35.5. The maximum absolute atomic E-state index is 13.7. The van der Waals surface area contributed by atoms with Gasteiger partial charge in [0, 0.05) is 16.8 Å². The molecule has 3 aromatic rings. The molecule has 0 radical (unpaired) electrons. The number of benzene rings is 2. The van der Waals surface area contributed by atoms with Gasteiger partial charge in [-0.15, -0.1) is 0 Å². The summed E-state index contributed by atoms with van der Waals surface area (Å²) in [6.45, 7) is 0. The summed E-state index contributed by atoms with van der Waals surface area (Å²) < 4.78 is 60.3. The lowest BCUT2D eigenvalue weighted by atomic mass is 10.2. The van der Waals surface area contributed by atoms with Crippen molar-refractivity contribution in [2.75, 3.05) is 7.11 Å². The Balaban J connectivity index is 2.00. The van der Waals surface area contributed by atoms with Crippen molar-refractivity contribution in [1.82, 2.24) is 14.3 Å². The number of rotatable bonds is 6. The van der Waals surface area contributed by atoms with Gasteiger partial charge in [0.25, 0.3) is 22.4 Å². The van der Waals surface area contributed by atoms with Crippen molar-refractivity contribution in [2.24, 2.45) is 0 Å². The van der Waals surface area contributed by atoms with Gasteiger partial charge in [0.1, 0.15) is 22.7 Å². The van der Waals surface area contributed by atoms with Crippen LogP contribution >= 0.6 is 23.2 Å². The third kappa shape index (κ3) is 4.40. The van der Waals surface area contributed by atoms with Gasteiger partial charge >= 0.3 is 0 Å². The maximum Gasteiger partial charge on any atom is 0.285 e. The Morgan fingerprint density at radius 3 is 2.57 bits per heavy atom. The molecule has 1 heterocycles. The summed E-state index contributed by atoms with van der Waals surface area (Å²) in [6.07, 6.45) is -2.15. The average Bonchev–Trinajstić information content (AvgIpc) is 3.13. The van der Waals surface area contributed by atoms with Gasteiger partial charge in [0.05, 0.1) is 12.1 Å². The largest absolute Gasteiger partial charge is 0.497 e. The Hall–Kier alpha value is -2.69. The molecular weight excluding hydrogens is 463 g/mol. The Labute approximate surface area is 180 Å². The fraction of sp³-hybridized carbons (Fsp3) is 0.111. The minimum Gasteiger partial charge on any atom is -0.497 e. The molecule has 1 amide bonds. The highest BCUT2D eigenvalue weighted by molar-refractivity contribution is 7.90. The van der Waals surface area contributed by atoms with Crippen molar-refractivity contribution in [3.05, 3.63) is 70.2 Å². The molecule has 7 nitrogen and oxygen atoms in total. The van der Waals surface area contributed by atoms with E-state index in [9.17, 15) is 22.0 Å². The third-order valence-corrected chi connectivity index (χ3v) is 6.02. The van der Waals surface area contributed by atoms with Gasteiger partial charge in [0.15, 0.2) is 5.69 Å². The lowest BCUT2D eigenvalue weighted by Gasteiger charge is -2.11. The van der Waals surface area contributed by atoms with Crippen molar-refractivity contribution in [3.63, 3.8) is 0 Å². The quantitative estimate of drug-likeness (QED) is 0.575.